The molecule has 5 nitrogen and oxygen atoms in total. The molecule has 1 aromatic rings. The minimum absolute atomic E-state index is 0.109. The van der Waals surface area contributed by atoms with E-state index in [1.807, 2.05) is 27.7 Å². The number of aromatic nitrogens is 2. The first-order chi connectivity index (χ1) is 7.76. The summed E-state index contributed by atoms with van der Waals surface area (Å²) in [4.78, 5) is 2.14. The summed E-state index contributed by atoms with van der Waals surface area (Å²) in [5.41, 5.74) is -0.686. The Morgan fingerprint density at radius 1 is 1.41 bits per heavy atom. The van der Waals surface area contributed by atoms with Crippen molar-refractivity contribution < 1.29 is 9.52 Å². The van der Waals surface area contributed by atoms with Crippen LogP contribution in [-0.4, -0.2) is 38.9 Å². The van der Waals surface area contributed by atoms with E-state index < -0.39 is 5.60 Å². The molecule has 2 rings (SSSR count). The number of rotatable bonds is 2. The molecule has 1 N–H and O–H groups in total. The topological polar surface area (TPSA) is 62.4 Å². The predicted octanol–water partition coefficient (Wildman–Crippen LogP) is 1.32. The van der Waals surface area contributed by atoms with Gasteiger partial charge in [0.15, 0.2) is 0 Å². The average Bonchev–Trinajstić information content (AvgIpc) is 2.72. The zero-order chi connectivity index (χ0) is 12.7. The fourth-order valence-electron chi connectivity index (χ4n) is 1.99. The van der Waals surface area contributed by atoms with E-state index in [0.717, 1.165) is 13.0 Å². The summed E-state index contributed by atoms with van der Waals surface area (Å²) in [6.45, 7) is 10.2. The van der Waals surface area contributed by atoms with Gasteiger partial charge in [-0.2, -0.15) is 0 Å². The number of nitrogens with zero attached hydrogens (tertiary/aromatic N) is 3. The van der Waals surface area contributed by atoms with Crippen LogP contribution < -0.4 is 0 Å². The van der Waals surface area contributed by atoms with Crippen LogP contribution in [0.5, 0.6) is 0 Å². The molecule has 96 valence electrons. The molecule has 17 heavy (non-hydrogen) atoms. The van der Waals surface area contributed by atoms with Crippen LogP contribution in [0.25, 0.3) is 0 Å². The Morgan fingerprint density at radius 2 is 2.12 bits per heavy atom. The number of likely N-dealkylation sites (tertiary alicyclic amines) is 1. The van der Waals surface area contributed by atoms with Gasteiger partial charge in [-0.05, 0) is 13.3 Å². The Morgan fingerprint density at radius 3 is 2.59 bits per heavy atom. The van der Waals surface area contributed by atoms with Gasteiger partial charge in [0.1, 0.15) is 0 Å². The molecule has 1 aromatic heterocycles. The molecule has 1 saturated heterocycles. The van der Waals surface area contributed by atoms with E-state index in [4.69, 9.17) is 4.42 Å². The van der Waals surface area contributed by atoms with E-state index >= 15 is 0 Å². The highest BCUT2D eigenvalue weighted by molar-refractivity contribution is 4.96. The summed E-state index contributed by atoms with van der Waals surface area (Å²) in [6, 6.07) is 0. The van der Waals surface area contributed by atoms with Gasteiger partial charge >= 0.3 is 0 Å². The lowest BCUT2D eigenvalue weighted by molar-refractivity contribution is 0.0667. The van der Waals surface area contributed by atoms with E-state index in [0.29, 0.717) is 24.9 Å². The minimum atomic E-state index is -0.577. The van der Waals surface area contributed by atoms with Gasteiger partial charge in [0, 0.05) is 18.5 Å². The maximum atomic E-state index is 9.87. The summed E-state index contributed by atoms with van der Waals surface area (Å²) in [7, 11) is 0. The first-order valence-electron chi connectivity index (χ1n) is 6.04. The standard InChI is InChI=1S/C12H21N3O2/c1-11(2,3)10-14-13-9(17-10)7-15-6-5-12(4,16)8-15/h16H,5-8H2,1-4H3. The summed E-state index contributed by atoms with van der Waals surface area (Å²) in [6.07, 6.45) is 0.799. The van der Waals surface area contributed by atoms with Crippen LogP contribution in [0.3, 0.4) is 0 Å². The highest BCUT2D eigenvalue weighted by atomic mass is 16.4. The Labute approximate surface area is 102 Å². The maximum absolute atomic E-state index is 9.87. The van der Waals surface area contributed by atoms with Crippen molar-refractivity contribution in [3.05, 3.63) is 11.8 Å². The molecule has 1 fully saturated rings. The van der Waals surface area contributed by atoms with E-state index in [1.165, 1.54) is 0 Å². The number of hydrogen-bond donors (Lipinski definition) is 1. The van der Waals surface area contributed by atoms with Crippen LogP contribution in [0.15, 0.2) is 4.42 Å². The molecule has 1 atom stereocenters. The molecule has 5 heteroatoms. The minimum Gasteiger partial charge on any atom is -0.423 e. The first kappa shape index (κ1) is 12.5. The van der Waals surface area contributed by atoms with Crippen molar-refractivity contribution in [3.63, 3.8) is 0 Å². The van der Waals surface area contributed by atoms with Gasteiger partial charge in [-0.25, -0.2) is 0 Å². The van der Waals surface area contributed by atoms with Crippen molar-refractivity contribution in [1.82, 2.24) is 15.1 Å². The molecule has 0 amide bonds. The summed E-state index contributed by atoms with van der Waals surface area (Å²) in [5.74, 6) is 1.30. The lowest BCUT2D eigenvalue weighted by Crippen LogP contribution is -2.29. The fourth-order valence-corrected chi connectivity index (χ4v) is 1.99. The molecule has 2 heterocycles. The molecule has 0 radical (unpaired) electrons. The fraction of sp³-hybridized carbons (Fsp3) is 0.833. The van der Waals surface area contributed by atoms with Crippen LogP contribution in [0.2, 0.25) is 0 Å². The molecular formula is C12H21N3O2. The molecule has 1 aliphatic heterocycles. The quantitative estimate of drug-likeness (QED) is 0.843. The third-order valence-electron chi connectivity index (χ3n) is 3.00. The SMILES string of the molecule is CC1(O)CCN(Cc2nnc(C(C)(C)C)o2)C1. The molecule has 1 unspecified atom stereocenters. The zero-order valence-electron chi connectivity index (χ0n) is 11.0. The first-order valence-corrected chi connectivity index (χ1v) is 6.04. The van der Waals surface area contributed by atoms with Crippen molar-refractivity contribution in [3.8, 4) is 0 Å². The molecule has 1 aliphatic rings. The van der Waals surface area contributed by atoms with E-state index in [2.05, 4.69) is 15.1 Å². The third kappa shape index (κ3) is 3.04. The van der Waals surface area contributed by atoms with Gasteiger partial charge < -0.3 is 9.52 Å². The van der Waals surface area contributed by atoms with Crippen LogP contribution in [0.4, 0.5) is 0 Å². The summed E-state index contributed by atoms with van der Waals surface area (Å²) < 4.78 is 5.63. The lowest BCUT2D eigenvalue weighted by atomic mass is 9.97. The Kier molecular flexibility index (Phi) is 2.99. The molecule has 0 aliphatic carbocycles. The largest absolute Gasteiger partial charge is 0.423 e. The van der Waals surface area contributed by atoms with Crippen molar-refractivity contribution in [1.29, 1.82) is 0 Å². The molecule has 0 aromatic carbocycles. The van der Waals surface area contributed by atoms with Crippen molar-refractivity contribution in [2.24, 2.45) is 0 Å². The summed E-state index contributed by atoms with van der Waals surface area (Å²) in [5, 5.41) is 18.0. The highest BCUT2D eigenvalue weighted by Crippen LogP contribution is 2.24. The van der Waals surface area contributed by atoms with Gasteiger partial charge in [-0.15, -0.1) is 10.2 Å². The Balaban J connectivity index is 1.99. The van der Waals surface area contributed by atoms with Gasteiger partial charge in [-0.1, -0.05) is 20.8 Å². The van der Waals surface area contributed by atoms with E-state index in [9.17, 15) is 5.11 Å². The Hall–Kier alpha value is -0.940. The van der Waals surface area contributed by atoms with Crippen molar-refractivity contribution >= 4 is 0 Å². The second-order valence-corrected chi connectivity index (χ2v) is 6.21. The van der Waals surface area contributed by atoms with Crippen LogP contribution in [0.1, 0.15) is 45.9 Å². The van der Waals surface area contributed by atoms with Gasteiger partial charge in [0.05, 0.1) is 12.1 Å². The van der Waals surface area contributed by atoms with Gasteiger partial charge in [0.25, 0.3) is 0 Å². The molecule has 0 bridgehead atoms. The zero-order valence-corrected chi connectivity index (χ0v) is 11.0. The van der Waals surface area contributed by atoms with Crippen LogP contribution in [0, 0.1) is 0 Å². The number of hydrogen-bond acceptors (Lipinski definition) is 5. The predicted molar refractivity (Wildman–Crippen MR) is 63.5 cm³/mol. The molecular weight excluding hydrogens is 218 g/mol. The van der Waals surface area contributed by atoms with E-state index in [1.54, 1.807) is 0 Å². The average molecular weight is 239 g/mol. The van der Waals surface area contributed by atoms with Crippen molar-refractivity contribution in [2.75, 3.05) is 13.1 Å². The number of β-amino-alcohol motifs (C(OH)–C–C–N with tert-alkyl or cyclic N) is 1. The monoisotopic (exact) mass is 239 g/mol. The van der Waals surface area contributed by atoms with Gasteiger partial charge in [0.2, 0.25) is 11.8 Å². The van der Waals surface area contributed by atoms with E-state index in [-0.39, 0.29) is 5.41 Å². The van der Waals surface area contributed by atoms with Crippen LogP contribution >= 0.6 is 0 Å². The second-order valence-electron chi connectivity index (χ2n) is 6.21. The smallest absolute Gasteiger partial charge is 0.230 e. The second kappa shape index (κ2) is 4.07. The highest BCUT2D eigenvalue weighted by Gasteiger charge is 2.32. The number of aliphatic hydroxyl groups is 1. The Bertz CT molecular complexity index is 393. The molecule has 0 spiro atoms. The lowest BCUT2D eigenvalue weighted by Gasteiger charge is -2.17. The normalized spacial score (nSPS) is 26.6. The van der Waals surface area contributed by atoms with Gasteiger partial charge in [-0.3, -0.25) is 4.90 Å². The molecule has 0 saturated carbocycles. The third-order valence-corrected chi connectivity index (χ3v) is 3.00. The van der Waals surface area contributed by atoms with Crippen molar-refractivity contribution in [2.45, 2.75) is 51.7 Å². The summed E-state index contributed by atoms with van der Waals surface area (Å²) >= 11 is 0. The maximum Gasteiger partial charge on any atom is 0.230 e. The van der Waals surface area contributed by atoms with Crippen LogP contribution in [-0.2, 0) is 12.0 Å².